The molecule has 1 fully saturated rings. The van der Waals surface area contributed by atoms with Crippen LogP contribution in [-0.2, 0) is 10.0 Å². The predicted molar refractivity (Wildman–Crippen MR) is 140 cm³/mol. The number of sulfonamides is 1. The topological polar surface area (TPSA) is 40.6 Å². The van der Waals surface area contributed by atoms with Crippen LogP contribution in [0.25, 0.3) is 0 Å². The smallest absolute Gasteiger partial charge is 0.242 e. The summed E-state index contributed by atoms with van der Waals surface area (Å²) in [4.78, 5) is 2.90. The SMILES string of the molecule is Cc1ccc([C@@H](CCN2CCC(c3ccccc3)CC2)CN(C)S(=O)(=O)c2ccccc2)cc1. The molecule has 0 aliphatic carbocycles. The molecule has 0 saturated carbocycles. The second-order valence-electron chi connectivity index (χ2n) is 9.52. The Morgan fingerprint density at radius 2 is 1.47 bits per heavy atom. The van der Waals surface area contributed by atoms with Gasteiger partial charge in [-0.05, 0) is 80.9 Å². The van der Waals surface area contributed by atoms with E-state index in [0.717, 1.165) is 26.1 Å². The van der Waals surface area contributed by atoms with E-state index in [0.29, 0.717) is 17.4 Å². The highest BCUT2D eigenvalue weighted by atomic mass is 32.2. The van der Waals surface area contributed by atoms with Crippen LogP contribution in [0.5, 0.6) is 0 Å². The van der Waals surface area contributed by atoms with Crippen LogP contribution in [0, 0.1) is 6.92 Å². The largest absolute Gasteiger partial charge is 0.303 e. The minimum Gasteiger partial charge on any atom is -0.303 e. The normalized spacial score (nSPS) is 16.6. The Balaban J connectivity index is 1.41. The van der Waals surface area contributed by atoms with E-state index in [1.165, 1.54) is 33.8 Å². The van der Waals surface area contributed by atoms with Crippen molar-refractivity contribution in [3.8, 4) is 0 Å². The molecule has 0 radical (unpaired) electrons. The van der Waals surface area contributed by atoms with Gasteiger partial charge in [-0.1, -0.05) is 78.4 Å². The molecule has 34 heavy (non-hydrogen) atoms. The second kappa shape index (κ2) is 11.3. The third-order valence-corrected chi connectivity index (χ3v) is 8.97. The van der Waals surface area contributed by atoms with Crippen LogP contribution in [0.4, 0.5) is 0 Å². The van der Waals surface area contributed by atoms with Gasteiger partial charge >= 0.3 is 0 Å². The van der Waals surface area contributed by atoms with E-state index in [9.17, 15) is 8.42 Å². The molecule has 1 heterocycles. The Labute approximate surface area is 205 Å². The Kier molecular flexibility index (Phi) is 8.19. The zero-order valence-electron chi connectivity index (χ0n) is 20.3. The van der Waals surface area contributed by atoms with Crippen molar-refractivity contribution in [2.24, 2.45) is 0 Å². The molecule has 3 aromatic carbocycles. The van der Waals surface area contributed by atoms with Crippen molar-refractivity contribution in [1.82, 2.24) is 9.21 Å². The number of likely N-dealkylation sites (tertiary alicyclic amines) is 1. The highest BCUT2D eigenvalue weighted by molar-refractivity contribution is 7.89. The molecular weight excluding hydrogens is 440 g/mol. The summed E-state index contributed by atoms with van der Waals surface area (Å²) in [6.07, 6.45) is 3.30. The summed E-state index contributed by atoms with van der Waals surface area (Å²) in [6, 6.07) is 28.1. The summed E-state index contributed by atoms with van der Waals surface area (Å²) < 4.78 is 27.8. The van der Waals surface area contributed by atoms with Crippen molar-refractivity contribution in [1.29, 1.82) is 0 Å². The first kappa shape index (κ1) is 24.6. The molecule has 0 bridgehead atoms. The van der Waals surface area contributed by atoms with Crippen LogP contribution < -0.4 is 0 Å². The lowest BCUT2D eigenvalue weighted by Crippen LogP contribution is -2.36. The fourth-order valence-electron chi connectivity index (χ4n) is 4.94. The summed E-state index contributed by atoms with van der Waals surface area (Å²) in [6.45, 7) is 5.73. The van der Waals surface area contributed by atoms with Gasteiger partial charge in [0, 0.05) is 13.6 Å². The number of nitrogens with zero attached hydrogens (tertiary/aromatic N) is 2. The van der Waals surface area contributed by atoms with E-state index in [1.54, 1.807) is 31.3 Å². The van der Waals surface area contributed by atoms with E-state index in [4.69, 9.17) is 0 Å². The highest BCUT2D eigenvalue weighted by Crippen LogP contribution is 2.29. The maximum absolute atomic E-state index is 13.1. The zero-order chi connectivity index (χ0) is 24.0. The lowest BCUT2D eigenvalue weighted by molar-refractivity contribution is 0.203. The number of hydrogen-bond donors (Lipinski definition) is 0. The van der Waals surface area contributed by atoms with E-state index >= 15 is 0 Å². The summed E-state index contributed by atoms with van der Waals surface area (Å²) >= 11 is 0. The molecule has 180 valence electrons. The Morgan fingerprint density at radius 1 is 0.882 bits per heavy atom. The Hall–Kier alpha value is -2.47. The van der Waals surface area contributed by atoms with Gasteiger partial charge in [0.2, 0.25) is 10.0 Å². The molecule has 4 rings (SSSR count). The lowest BCUT2D eigenvalue weighted by atomic mass is 9.89. The molecule has 5 heteroatoms. The minimum absolute atomic E-state index is 0.149. The molecule has 1 aliphatic heterocycles. The number of hydrogen-bond acceptors (Lipinski definition) is 3. The van der Waals surface area contributed by atoms with Gasteiger partial charge in [0.05, 0.1) is 4.90 Å². The molecule has 1 aliphatic rings. The molecule has 0 spiro atoms. The fourth-order valence-corrected chi connectivity index (χ4v) is 6.17. The molecular formula is C29H36N2O2S. The Morgan fingerprint density at radius 3 is 2.09 bits per heavy atom. The number of benzene rings is 3. The van der Waals surface area contributed by atoms with E-state index < -0.39 is 10.0 Å². The summed E-state index contributed by atoms with van der Waals surface area (Å²) in [7, 11) is -1.81. The van der Waals surface area contributed by atoms with Crippen molar-refractivity contribution in [3.63, 3.8) is 0 Å². The van der Waals surface area contributed by atoms with Crippen LogP contribution in [0.2, 0.25) is 0 Å². The molecule has 0 N–H and O–H groups in total. The third kappa shape index (κ3) is 6.15. The maximum Gasteiger partial charge on any atom is 0.242 e. The highest BCUT2D eigenvalue weighted by Gasteiger charge is 2.26. The zero-order valence-corrected chi connectivity index (χ0v) is 21.1. The van der Waals surface area contributed by atoms with Crippen LogP contribution in [0.3, 0.4) is 0 Å². The van der Waals surface area contributed by atoms with Crippen LogP contribution >= 0.6 is 0 Å². The van der Waals surface area contributed by atoms with Crippen LogP contribution in [-0.4, -0.2) is 50.8 Å². The molecule has 4 nitrogen and oxygen atoms in total. The van der Waals surface area contributed by atoms with Gasteiger partial charge in [-0.25, -0.2) is 12.7 Å². The monoisotopic (exact) mass is 476 g/mol. The predicted octanol–water partition coefficient (Wildman–Crippen LogP) is 5.67. The molecule has 1 saturated heterocycles. The van der Waals surface area contributed by atoms with Crippen molar-refractivity contribution >= 4 is 10.0 Å². The number of likely N-dealkylation sites (N-methyl/N-ethyl adjacent to an activating group) is 1. The van der Waals surface area contributed by atoms with Gasteiger partial charge < -0.3 is 4.90 Å². The standard InChI is InChI=1S/C29H36N2O2S/c1-24-13-15-26(16-14-24)28(23-30(2)34(32,33)29-11-7-4-8-12-29)19-22-31-20-17-27(18-21-31)25-9-5-3-6-10-25/h3-16,27-28H,17-23H2,1-2H3/t28-/m0/s1. The van der Waals surface area contributed by atoms with Crippen LogP contribution in [0.15, 0.2) is 89.8 Å². The van der Waals surface area contributed by atoms with Gasteiger partial charge in [-0.3, -0.25) is 0 Å². The molecule has 1 atom stereocenters. The second-order valence-corrected chi connectivity index (χ2v) is 11.6. The van der Waals surface area contributed by atoms with Crippen molar-refractivity contribution in [3.05, 3.63) is 102 Å². The van der Waals surface area contributed by atoms with Gasteiger partial charge in [0.15, 0.2) is 0 Å². The van der Waals surface area contributed by atoms with Crippen molar-refractivity contribution < 1.29 is 8.42 Å². The van der Waals surface area contributed by atoms with E-state index in [1.807, 2.05) is 6.07 Å². The first-order valence-electron chi connectivity index (χ1n) is 12.3. The average Bonchev–Trinajstić information content (AvgIpc) is 2.88. The Bertz CT molecular complexity index is 1120. The molecule has 0 unspecified atom stereocenters. The third-order valence-electron chi connectivity index (χ3n) is 7.13. The molecule has 3 aromatic rings. The van der Waals surface area contributed by atoms with Gasteiger partial charge in [-0.15, -0.1) is 0 Å². The maximum atomic E-state index is 13.1. The summed E-state index contributed by atoms with van der Waals surface area (Å²) in [5.41, 5.74) is 3.88. The molecule has 0 aromatic heterocycles. The summed E-state index contributed by atoms with van der Waals surface area (Å²) in [5.74, 6) is 0.795. The number of piperidine rings is 1. The first-order valence-corrected chi connectivity index (χ1v) is 13.7. The lowest BCUT2D eigenvalue weighted by Gasteiger charge is -2.33. The quantitative estimate of drug-likeness (QED) is 0.400. The van der Waals surface area contributed by atoms with Gasteiger partial charge in [-0.2, -0.15) is 0 Å². The van der Waals surface area contributed by atoms with Gasteiger partial charge in [0.25, 0.3) is 0 Å². The first-order chi connectivity index (χ1) is 16.4. The van der Waals surface area contributed by atoms with Crippen molar-refractivity contribution in [2.75, 3.05) is 33.2 Å². The number of rotatable bonds is 9. The van der Waals surface area contributed by atoms with Crippen LogP contribution in [0.1, 0.15) is 47.8 Å². The van der Waals surface area contributed by atoms with E-state index in [2.05, 4.69) is 66.4 Å². The minimum atomic E-state index is -3.51. The summed E-state index contributed by atoms with van der Waals surface area (Å²) in [5, 5.41) is 0. The number of aryl methyl sites for hydroxylation is 1. The van der Waals surface area contributed by atoms with Crippen molar-refractivity contribution in [2.45, 2.75) is 42.9 Å². The fraction of sp³-hybridized carbons (Fsp3) is 0.379. The average molecular weight is 477 g/mol. The molecule has 0 amide bonds. The van der Waals surface area contributed by atoms with E-state index in [-0.39, 0.29) is 5.92 Å². The van der Waals surface area contributed by atoms with Gasteiger partial charge in [0.1, 0.15) is 0 Å².